The summed E-state index contributed by atoms with van der Waals surface area (Å²) in [5.41, 5.74) is 0.909. The van der Waals surface area contributed by atoms with Crippen molar-refractivity contribution in [1.82, 2.24) is 5.32 Å². The van der Waals surface area contributed by atoms with Gasteiger partial charge in [-0.3, -0.25) is 9.59 Å². The normalized spacial score (nSPS) is 21.6. The first-order chi connectivity index (χ1) is 11.5. The summed E-state index contributed by atoms with van der Waals surface area (Å²) in [7, 11) is 3.14. The van der Waals surface area contributed by atoms with E-state index in [4.69, 9.17) is 14.6 Å². The Balaban J connectivity index is 2.02. The van der Waals surface area contributed by atoms with E-state index in [1.54, 1.807) is 20.3 Å². The molecule has 1 aromatic rings. The highest BCUT2D eigenvalue weighted by Crippen LogP contribution is 2.32. The molecule has 6 heteroatoms. The molecule has 24 heavy (non-hydrogen) atoms. The molecule has 0 bridgehead atoms. The van der Waals surface area contributed by atoms with Gasteiger partial charge in [0.1, 0.15) is 0 Å². The fraction of sp³-hybridized carbons (Fsp3) is 0.556. The Morgan fingerprint density at radius 2 is 1.83 bits per heavy atom. The van der Waals surface area contributed by atoms with Crippen molar-refractivity contribution in [2.75, 3.05) is 14.2 Å². The van der Waals surface area contributed by atoms with Gasteiger partial charge in [-0.1, -0.05) is 12.5 Å². The van der Waals surface area contributed by atoms with Crippen LogP contribution in [-0.2, 0) is 9.59 Å². The van der Waals surface area contributed by atoms with Crippen molar-refractivity contribution in [3.05, 3.63) is 23.8 Å². The minimum atomic E-state index is -0.805. The number of aliphatic carboxylic acids is 1. The molecule has 1 aliphatic rings. The van der Waals surface area contributed by atoms with Gasteiger partial charge in [-0.25, -0.2) is 0 Å². The van der Waals surface area contributed by atoms with Crippen LogP contribution in [0.4, 0.5) is 0 Å². The first kappa shape index (κ1) is 18.1. The summed E-state index contributed by atoms with van der Waals surface area (Å²) in [5, 5.41) is 12.1. The van der Waals surface area contributed by atoms with E-state index < -0.39 is 11.9 Å². The summed E-state index contributed by atoms with van der Waals surface area (Å²) in [4.78, 5) is 23.6. The molecule has 1 fully saturated rings. The van der Waals surface area contributed by atoms with Crippen LogP contribution in [0.25, 0.3) is 0 Å². The largest absolute Gasteiger partial charge is 0.493 e. The van der Waals surface area contributed by atoms with Gasteiger partial charge in [0.2, 0.25) is 5.91 Å². The second-order valence-corrected chi connectivity index (χ2v) is 6.24. The molecule has 1 aromatic carbocycles. The zero-order chi connectivity index (χ0) is 17.7. The average Bonchev–Trinajstić information content (AvgIpc) is 2.60. The summed E-state index contributed by atoms with van der Waals surface area (Å²) >= 11 is 0. The van der Waals surface area contributed by atoms with Crippen LogP contribution >= 0.6 is 0 Å². The number of rotatable bonds is 6. The van der Waals surface area contributed by atoms with E-state index in [1.165, 1.54) is 0 Å². The third-order valence-electron chi connectivity index (χ3n) is 4.66. The summed E-state index contributed by atoms with van der Waals surface area (Å²) < 4.78 is 10.5. The maximum atomic E-state index is 12.5. The van der Waals surface area contributed by atoms with Crippen LogP contribution in [0.1, 0.15) is 44.2 Å². The van der Waals surface area contributed by atoms with E-state index in [0.29, 0.717) is 24.3 Å². The first-order valence-corrected chi connectivity index (χ1v) is 8.21. The van der Waals surface area contributed by atoms with Gasteiger partial charge in [0.15, 0.2) is 11.5 Å². The Morgan fingerprint density at radius 3 is 2.46 bits per heavy atom. The minimum Gasteiger partial charge on any atom is -0.493 e. The van der Waals surface area contributed by atoms with Gasteiger partial charge in [0.05, 0.1) is 26.2 Å². The van der Waals surface area contributed by atoms with Crippen LogP contribution in [0.15, 0.2) is 18.2 Å². The molecular weight excluding hydrogens is 310 g/mol. The highest BCUT2D eigenvalue weighted by atomic mass is 16.5. The minimum absolute atomic E-state index is 0.0803. The molecule has 0 aliphatic heterocycles. The molecule has 3 atom stereocenters. The van der Waals surface area contributed by atoms with Crippen molar-refractivity contribution in [3.63, 3.8) is 0 Å². The predicted octanol–water partition coefficient (Wildman–Crippen LogP) is 2.77. The monoisotopic (exact) mass is 335 g/mol. The standard InChI is InChI=1S/C18H25NO5/c1-11(12-7-8-15(23-2)16(10-12)24-3)19-17(20)13-5-4-6-14(9-13)18(21)22/h7-8,10-11,13-14H,4-6,9H2,1-3H3,(H,19,20)(H,21,22). The highest BCUT2D eigenvalue weighted by molar-refractivity contribution is 5.80. The van der Waals surface area contributed by atoms with E-state index in [2.05, 4.69) is 5.32 Å². The summed E-state index contributed by atoms with van der Waals surface area (Å²) in [5.74, 6) is -0.284. The number of hydrogen-bond donors (Lipinski definition) is 2. The van der Waals surface area contributed by atoms with Gasteiger partial charge in [-0.05, 0) is 43.9 Å². The van der Waals surface area contributed by atoms with Crippen LogP contribution in [0.3, 0.4) is 0 Å². The summed E-state index contributed by atoms with van der Waals surface area (Å²) in [6.07, 6.45) is 2.60. The zero-order valence-electron chi connectivity index (χ0n) is 14.4. The van der Waals surface area contributed by atoms with E-state index >= 15 is 0 Å². The van der Waals surface area contributed by atoms with Gasteiger partial charge in [0.25, 0.3) is 0 Å². The number of nitrogens with one attached hydrogen (secondary N) is 1. The molecule has 3 unspecified atom stereocenters. The Kier molecular flexibility index (Phi) is 6.06. The highest BCUT2D eigenvalue weighted by Gasteiger charge is 2.31. The number of hydrogen-bond acceptors (Lipinski definition) is 4. The van der Waals surface area contributed by atoms with Gasteiger partial charge < -0.3 is 19.9 Å². The quantitative estimate of drug-likeness (QED) is 0.835. The van der Waals surface area contributed by atoms with Crippen molar-refractivity contribution >= 4 is 11.9 Å². The number of benzene rings is 1. The van der Waals surface area contributed by atoms with Gasteiger partial charge in [0, 0.05) is 5.92 Å². The molecule has 0 radical (unpaired) electrons. The van der Waals surface area contributed by atoms with E-state index in [1.807, 2.05) is 19.1 Å². The molecule has 1 aliphatic carbocycles. The molecule has 2 rings (SSSR count). The van der Waals surface area contributed by atoms with Gasteiger partial charge in [-0.2, -0.15) is 0 Å². The van der Waals surface area contributed by atoms with Crippen LogP contribution < -0.4 is 14.8 Å². The SMILES string of the molecule is COc1ccc(C(C)NC(=O)C2CCCC(C(=O)O)C2)cc1OC. The lowest BCUT2D eigenvalue weighted by Crippen LogP contribution is -2.36. The molecule has 0 aromatic heterocycles. The summed E-state index contributed by atoms with van der Waals surface area (Å²) in [6.45, 7) is 1.90. The summed E-state index contributed by atoms with van der Waals surface area (Å²) in [6, 6.07) is 5.33. The Bertz CT molecular complexity index is 601. The van der Waals surface area contributed by atoms with Crippen molar-refractivity contribution in [2.45, 2.75) is 38.6 Å². The van der Waals surface area contributed by atoms with Gasteiger partial charge in [-0.15, -0.1) is 0 Å². The molecule has 0 saturated heterocycles. The maximum Gasteiger partial charge on any atom is 0.306 e. The number of methoxy groups -OCH3 is 2. The number of carbonyl (C=O) groups is 2. The Labute approximate surface area is 142 Å². The third kappa shape index (κ3) is 4.19. The van der Waals surface area contributed by atoms with Gasteiger partial charge >= 0.3 is 5.97 Å². The first-order valence-electron chi connectivity index (χ1n) is 8.21. The molecule has 1 amide bonds. The zero-order valence-corrected chi connectivity index (χ0v) is 14.4. The molecule has 0 spiro atoms. The lowest BCUT2D eigenvalue weighted by molar-refractivity contribution is -0.144. The molecule has 132 valence electrons. The fourth-order valence-electron chi connectivity index (χ4n) is 3.19. The molecule has 0 heterocycles. The van der Waals surface area contributed by atoms with Crippen LogP contribution in [0.5, 0.6) is 11.5 Å². The Hall–Kier alpha value is -2.24. The number of carboxylic acid groups (broad SMARTS) is 1. The van der Waals surface area contributed by atoms with Crippen LogP contribution in [0.2, 0.25) is 0 Å². The fourth-order valence-corrected chi connectivity index (χ4v) is 3.19. The van der Waals surface area contributed by atoms with Crippen LogP contribution in [0, 0.1) is 11.8 Å². The average molecular weight is 335 g/mol. The number of ether oxygens (including phenoxy) is 2. The van der Waals surface area contributed by atoms with E-state index in [0.717, 1.165) is 18.4 Å². The topological polar surface area (TPSA) is 84.9 Å². The second-order valence-electron chi connectivity index (χ2n) is 6.24. The molecule has 6 nitrogen and oxygen atoms in total. The maximum absolute atomic E-state index is 12.5. The van der Waals surface area contributed by atoms with Crippen molar-refractivity contribution in [1.29, 1.82) is 0 Å². The predicted molar refractivity (Wildman–Crippen MR) is 89.2 cm³/mol. The van der Waals surface area contributed by atoms with E-state index in [-0.39, 0.29) is 17.9 Å². The molecule has 2 N–H and O–H groups in total. The lowest BCUT2D eigenvalue weighted by Gasteiger charge is -2.27. The van der Waals surface area contributed by atoms with Crippen molar-refractivity contribution in [2.24, 2.45) is 11.8 Å². The lowest BCUT2D eigenvalue weighted by atomic mass is 9.81. The van der Waals surface area contributed by atoms with Crippen molar-refractivity contribution < 1.29 is 24.2 Å². The van der Waals surface area contributed by atoms with Crippen LogP contribution in [-0.4, -0.2) is 31.2 Å². The third-order valence-corrected chi connectivity index (χ3v) is 4.66. The van der Waals surface area contributed by atoms with Crippen molar-refractivity contribution in [3.8, 4) is 11.5 Å². The second kappa shape index (κ2) is 8.04. The Morgan fingerprint density at radius 1 is 1.17 bits per heavy atom. The van der Waals surface area contributed by atoms with E-state index in [9.17, 15) is 9.59 Å². The number of amides is 1. The number of carbonyl (C=O) groups excluding carboxylic acids is 1. The smallest absolute Gasteiger partial charge is 0.306 e. The molecule has 1 saturated carbocycles. The molecular formula is C18H25NO5. The number of carboxylic acids is 1.